The molecular formula is C20H23N5O3S. The van der Waals surface area contributed by atoms with E-state index in [0.717, 1.165) is 11.3 Å². The van der Waals surface area contributed by atoms with Crippen LogP contribution in [0.25, 0.3) is 0 Å². The van der Waals surface area contributed by atoms with E-state index in [2.05, 4.69) is 31.0 Å². The first kappa shape index (κ1) is 20.7. The summed E-state index contributed by atoms with van der Waals surface area (Å²) in [4.78, 5) is 10.5. The van der Waals surface area contributed by atoms with Crippen molar-refractivity contribution in [3.63, 3.8) is 0 Å². The number of ether oxygens (including phenoxy) is 1. The van der Waals surface area contributed by atoms with Crippen molar-refractivity contribution in [2.45, 2.75) is 43.7 Å². The number of aromatic nitrogens is 3. The molecule has 1 aromatic heterocycles. The minimum atomic E-state index is -0.414. The molecule has 0 radical (unpaired) electrons. The van der Waals surface area contributed by atoms with Gasteiger partial charge >= 0.3 is 0 Å². The quantitative estimate of drug-likeness (QED) is 0.269. The molecule has 1 heterocycles. The van der Waals surface area contributed by atoms with Crippen LogP contribution in [0, 0.1) is 10.1 Å². The van der Waals surface area contributed by atoms with Gasteiger partial charge in [-0.1, -0.05) is 56.8 Å². The highest BCUT2D eigenvalue weighted by molar-refractivity contribution is 7.98. The lowest BCUT2D eigenvalue weighted by molar-refractivity contribution is -0.384. The minimum absolute atomic E-state index is 0.0592. The fraction of sp³-hybridized carbons (Fsp3) is 0.300. The molecule has 152 valence electrons. The van der Waals surface area contributed by atoms with E-state index in [4.69, 9.17) is 10.6 Å². The lowest BCUT2D eigenvalue weighted by Crippen LogP contribution is -2.16. The smallest absolute Gasteiger partial charge is 0.269 e. The number of non-ortho nitro benzene ring substituents is 1. The van der Waals surface area contributed by atoms with Crippen LogP contribution in [0.3, 0.4) is 0 Å². The second-order valence-electron chi connectivity index (χ2n) is 7.55. The summed E-state index contributed by atoms with van der Waals surface area (Å²) in [6.45, 7) is 6.67. The van der Waals surface area contributed by atoms with Crippen LogP contribution in [0.4, 0.5) is 5.69 Å². The molecule has 0 atom stereocenters. The van der Waals surface area contributed by atoms with Crippen molar-refractivity contribution in [1.82, 2.24) is 14.9 Å². The van der Waals surface area contributed by atoms with Crippen LogP contribution in [0.2, 0.25) is 0 Å². The first-order valence-corrected chi connectivity index (χ1v) is 10.0. The molecule has 29 heavy (non-hydrogen) atoms. The summed E-state index contributed by atoms with van der Waals surface area (Å²) in [7, 11) is 0. The van der Waals surface area contributed by atoms with Crippen molar-refractivity contribution in [1.29, 1.82) is 0 Å². The van der Waals surface area contributed by atoms with Crippen molar-refractivity contribution in [2.75, 3.05) is 5.84 Å². The Bertz CT molecular complexity index is 996. The van der Waals surface area contributed by atoms with Gasteiger partial charge in [0.15, 0.2) is 5.82 Å². The fourth-order valence-corrected chi connectivity index (χ4v) is 3.43. The van der Waals surface area contributed by atoms with Gasteiger partial charge in [-0.25, -0.2) is 4.68 Å². The summed E-state index contributed by atoms with van der Waals surface area (Å²) in [6, 6.07) is 14.4. The molecular weight excluding hydrogens is 390 g/mol. The summed E-state index contributed by atoms with van der Waals surface area (Å²) >= 11 is 1.35. The van der Waals surface area contributed by atoms with Crippen LogP contribution in [0.15, 0.2) is 53.7 Å². The molecule has 0 aliphatic heterocycles. The summed E-state index contributed by atoms with van der Waals surface area (Å²) < 4.78 is 7.15. The first-order valence-electron chi connectivity index (χ1n) is 9.03. The summed E-state index contributed by atoms with van der Waals surface area (Å²) in [5.74, 6) is 7.79. The number of nitro groups is 1. The van der Waals surface area contributed by atoms with E-state index >= 15 is 0 Å². The standard InChI is InChI=1S/C20H23N5O3S/c1-20(2,3)15-7-9-17(10-8-15)28-12-18-22-23-19(24(18)21)29-13-14-5-4-6-16(11-14)25(26)27/h4-11H,12-13,21H2,1-3H3. The first-order chi connectivity index (χ1) is 13.7. The number of nitro benzene ring substituents is 1. The van der Waals surface area contributed by atoms with E-state index in [-0.39, 0.29) is 17.7 Å². The maximum Gasteiger partial charge on any atom is 0.269 e. The van der Waals surface area contributed by atoms with Gasteiger partial charge in [0.05, 0.1) is 4.92 Å². The van der Waals surface area contributed by atoms with Gasteiger partial charge in [0, 0.05) is 17.9 Å². The number of nitrogens with two attached hydrogens (primary N) is 1. The lowest BCUT2D eigenvalue weighted by atomic mass is 9.87. The van der Waals surface area contributed by atoms with Crippen molar-refractivity contribution < 1.29 is 9.66 Å². The largest absolute Gasteiger partial charge is 0.486 e. The van der Waals surface area contributed by atoms with E-state index < -0.39 is 4.92 Å². The lowest BCUT2D eigenvalue weighted by Gasteiger charge is -2.19. The highest BCUT2D eigenvalue weighted by Crippen LogP contribution is 2.25. The topological polar surface area (TPSA) is 109 Å². The Kier molecular flexibility index (Phi) is 6.07. The van der Waals surface area contributed by atoms with E-state index in [1.54, 1.807) is 6.07 Å². The summed E-state index contributed by atoms with van der Waals surface area (Å²) in [5, 5.41) is 19.6. The van der Waals surface area contributed by atoms with Crippen LogP contribution >= 0.6 is 11.8 Å². The zero-order valence-electron chi connectivity index (χ0n) is 16.5. The predicted molar refractivity (Wildman–Crippen MR) is 112 cm³/mol. The average molecular weight is 414 g/mol. The SMILES string of the molecule is CC(C)(C)c1ccc(OCc2nnc(SCc3cccc([N+](=O)[O-])c3)n2N)cc1. The maximum atomic E-state index is 10.9. The third-order valence-electron chi connectivity index (χ3n) is 4.31. The summed E-state index contributed by atoms with van der Waals surface area (Å²) in [5.41, 5.74) is 2.18. The maximum absolute atomic E-state index is 10.9. The molecule has 3 aromatic rings. The van der Waals surface area contributed by atoms with Gasteiger partial charge in [0.25, 0.3) is 5.69 Å². The van der Waals surface area contributed by atoms with Crippen LogP contribution in [0.1, 0.15) is 37.7 Å². The molecule has 2 aromatic carbocycles. The van der Waals surface area contributed by atoms with Crippen LogP contribution in [-0.4, -0.2) is 19.8 Å². The van der Waals surface area contributed by atoms with Gasteiger partial charge in [0.2, 0.25) is 5.16 Å². The Labute approximate surface area is 173 Å². The van der Waals surface area contributed by atoms with E-state index in [1.165, 1.54) is 34.1 Å². The average Bonchev–Trinajstić information content (AvgIpc) is 3.04. The molecule has 0 saturated heterocycles. The van der Waals surface area contributed by atoms with Gasteiger partial charge in [-0.15, -0.1) is 10.2 Å². The third-order valence-corrected chi connectivity index (χ3v) is 5.33. The Morgan fingerprint density at radius 1 is 1.17 bits per heavy atom. The van der Waals surface area contributed by atoms with Gasteiger partial charge in [0.1, 0.15) is 12.4 Å². The van der Waals surface area contributed by atoms with Gasteiger partial charge in [-0.2, -0.15) is 0 Å². The van der Waals surface area contributed by atoms with Crippen LogP contribution in [0.5, 0.6) is 5.75 Å². The van der Waals surface area contributed by atoms with E-state index in [1.807, 2.05) is 30.3 Å². The van der Waals surface area contributed by atoms with Crippen molar-refractivity contribution >= 4 is 17.4 Å². The second kappa shape index (κ2) is 8.52. The fourth-order valence-electron chi connectivity index (χ4n) is 2.61. The molecule has 8 nitrogen and oxygen atoms in total. The Balaban J connectivity index is 1.59. The molecule has 0 bridgehead atoms. The van der Waals surface area contributed by atoms with E-state index in [9.17, 15) is 10.1 Å². The summed E-state index contributed by atoms with van der Waals surface area (Å²) in [6.07, 6.45) is 0. The molecule has 3 rings (SSSR count). The number of benzene rings is 2. The third kappa shape index (κ3) is 5.26. The second-order valence-corrected chi connectivity index (χ2v) is 8.49. The predicted octanol–water partition coefficient (Wildman–Crippen LogP) is 4.07. The molecule has 0 aliphatic carbocycles. The number of hydrogen-bond acceptors (Lipinski definition) is 7. The molecule has 0 saturated carbocycles. The highest BCUT2D eigenvalue weighted by atomic mass is 32.2. The van der Waals surface area contributed by atoms with Gasteiger partial charge in [-0.3, -0.25) is 10.1 Å². The number of hydrogen-bond donors (Lipinski definition) is 1. The molecule has 2 N–H and O–H groups in total. The van der Waals surface area contributed by atoms with Crippen molar-refractivity contribution in [3.8, 4) is 5.75 Å². The molecule has 0 spiro atoms. The van der Waals surface area contributed by atoms with Gasteiger partial charge in [-0.05, 0) is 28.7 Å². The number of rotatable bonds is 7. The Morgan fingerprint density at radius 2 is 1.90 bits per heavy atom. The monoisotopic (exact) mass is 413 g/mol. The molecule has 0 unspecified atom stereocenters. The van der Waals surface area contributed by atoms with Crippen molar-refractivity contribution in [3.05, 3.63) is 75.6 Å². The minimum Gasteiger partial charge on any atom is -0.486 e. The van der Waals surface area contributed by atoms with E-state index in [0.29, 0.717) is 16.7 Å². The normalized spacial score (nSPS) is 11.4. The molecule has 0 fully saturated rings. The van der Waals surface area contributed by atoms with Crippen LogP contribution < -0.4 is 10.6 Å². The number of nitrogens with zero attached hydrogens (tertiary/aromatic N) is 4. The van der Waals surface area contributed by atoms with Gasteiger partial charge < -0.3 is 10.6 Å². The molecule has 0 amide bonds. The highest BCUT2D eigenvalue weighted by Gasteiger charge is 2.14. The molecule has 9 heteroatoms. The Morgan fingerprint density at radius 3 is 2.55 bits per heavy atom. The zero-order chi connectivity index (χ0) is 21.0. The number of nitrogen functional groups attached to an aromatic ring is 1. The van der Waals surface area contributed by atoms with Crippen LogP contribution in [-0.2, 0) is 17.8 Å². The van der Waals surface area contributed by atoms with Crippen molar-refractivity contribution in [2.24, 2.45) is 0 Å². The molecule has 0 aliphatic rings. The Hall–Kier alpha value is -3.07. The number of thioether (sulfide) groups is 1. The zero-order valence-corrected chi connectivity index (χ0v) is 17.3.